The standard InChI is InChI=1S/C17H21BrFN3O4S/c1-3-5-12-16(2,11-8-10(18)9-20-13(11)19)22-14(21-15(23)24)17(6-4-7-17)27(12,25)26/h3,8-9,12,25-26H,1,4-7H2,2H3,(H,21,22)(H,23,24)/t12-,16+/m0/s1. The molecule has 0 radical (unpaired) electrons. The quantitative estimate of drug-likeness (QED) is 0.390. The third-order valence-electron chi connectivity index (χ3n) is 5.49. The van der Waals surface area contributed by atoms with Crippen molar-refractivity contribution in [3.63, 3.8) is 0 Å². The Balaban J connectivity index is 2.29. The van der Waals surface area contributed by atoms with Gasteiger partial charge in [0.05, 0.1) is 5.25 Å². The fraction of sp³-hybridized carbons (Fsp3) is 0.471. The Hall–Kier alpha value is -1.49. The summed E-state index contributed by atoms with van der Waals surface area (Å²) >= 11 is 3.25. The van der Waals surface area contributed by atoms with Crippen LogP contribution in [-0.4, -0.2) is 41.1 Å². The van der Waals surface area contributed by atoms with Gasteiger partial charge in [0.1, 0.15) is 16.1 Å². The average molecular weight is 462 g/mol. The number of amides is 1. The molecule has 0 saturated heterocycles. The molecule has 1 aromatic heterocycles. The molecule has 1 aromatic rings. The van der Waals surface area contributed by atoms with Crippen molar-refractivity contribution < 1.29 is 23.4 Å². The normalized spacial score (nSPS) is 29.4. The molecule has 3 rings (SSSR count). The van der Waals surface area contributed by atoms with Crippen molar-refractivity contribution in [2.75, 3.05) is 0 Å². The smallest absolute Gasteiger partial charge is 0.410 e. The van der Waals surface area contributed by atoms with Gasteiger partial charge in [-0.2, -0.15) is 15.0 Å². The Kier molecular flexibility index (Phi) is 5.13. The fourth-order valence-corrected chi connectivity index (χ4v) is 7.32. The van der Waals surface area contributed by atoms with Gasteiger partial charge in [0, 0.05) is 16.2 Å². The lowest BCUT2D eigenvalue weighted by atomic mass is 9.80. The van der Waals surface area contributed by atoms with E-state index < -0.39 is 38.2 Å². The highest BCUT2D eigenvalue weighted by atomic mass is 79.9. The molecule has 1 aliphatic carbocycles. The number of carboxylic acid groups (broad SMARTS) is 1. The number of hydrogen-bond acceptors (Lipinski definition) is 5. The van der Waals surface area contributed by atoms with Gasteiger partial charge in [-0.25, -0.2) is 9.78 Å². The molecule has 1 fully saturated rings. The highest BCUT2D eigenvalue weighted by Crippen LogP contribution is 2.71. The molecular weight excluding hydrogens is 441 g/mol. The van der Waals surface area contributed by atoms with E-state index in [1.165, 1.54) is 18.3 Å². The predicted octanol–water partition coefficient (Wildman–Crippen LogP) is 4.50. The number of carbonyl (C=O) groups is 1. The van der Waals surface area contributed by atoms with Gasteiger partial charge in [-0.15, -0.1) is 6.58 Å². The minimum atomic E-state index is -3.41. The minimum Gasteiger partial charge on any atom is -0.465 e. The van der Waals surface area contributed by atoms with E-state index >= 15 is 0 Å². The number of nitrogens with one attached hydrogen (secondary N) is 1. The summed E-state index contributed by atoms with van der Waals surface area (Å²) in [5.41, 5.74) is -1.38. The molecule has 27 heavy (non-hydrogen) atoms. The Morgan fingerprint density at radius 1 is 1.56 bits per heavy atom. The Bertz CT molecular complexity index is 830. The number of hydrogen-bond donors (Lipinski definition) is 4. The van der Waals surface area contributed by atoms with Crippen LogP contribution in [0.1, 0.15) is 38.2 Å². The van der Waals surface area contributed by atoms with Crippen LogP contribution in [0.15, 0.2) is 34.4 Å². The van der Waals surface area contributed by atoms with Crippen LogP contribution in [0.5, 0.6) is 0 Å². The van der Waals surface area contributed by atoms with E-state index in [-0.39, 0.29) is 17.8 Å². The SMILES string of the molecule is C=CC[C@H]1[C@@](C)(c2cc(Br)cnc2F)N=C(NC(=O)O)C2(CCC2)S1(O)O. The van der Waals surface area contributed by atoms with Crippen molar-refractivity contribution in [2.24, 2.45) is 4.99 Å². The first kappa shape index (κ1) is 20.2. The summed E-state index contributed by atoms with van der Waals surface area (Å²) in [4.78, 5) is 19.6. The Labute approximate surface area is 166 Å². The summed E-state index contributed by atoms with van der Waals surface area (Å²) in [6, 6.07) is 1.48. The summed E-state index contributed by atoms with van der Waals surface area (Å²) in [6.45, 7) is 5.26. The number of aromatic nitrogens is 1. The maximum absolute atomic E-state index is 14.6. The van der Waals surface area contributed by atoms with Crippen molar-refractivity contribution in [1.29, 1.82) is 0 Å². The lowest BCUT2D eigenvalue weighted by Crippen LogP contribution is -2.64. The molecule has 1 aliphatic heterocycles. The molecule has 2 aliphatic rings. The van der Waals surface area contributed by atoms with Crippen molar-refractivity contribution in [1.82, 2.24) is 10.3 Å². The lowest BCUT2D eigenvalue weighted by Gasteiger charge is -2.64. The molecule has 4 N–H and O–H groups in total. The van der Waals surface area contributed by atoms with Crippen LogP contribution < -0.4 is 5.32 Å². The van der Waals surface area contributed by atoms with Gasteiger partial charge < -0.3 is 5.11 Å². The zero-order valence-electron chi connectivity index (χ0n) is 14.7. The molecule has 7 nitrogen and oxygen atoms in total. The van der Waals surface area contributed by atoms with E-state index in [1.54, 1.807) is 6.92 Å². The summed E-state index contributed by atoms with van der Waals surface area (Å²) in [6.07, 6.45) is 3.18. The van der Waals surface area contributed by atoms with E-state index in [9.17, 15) is 23.4 Å². The predicted molar refractivity (Wildman–Crippen MR) is 106 cm³/mol. The molecule has 1 spiro atoms. The van der Waals surface area contributed by atoms with Crippen LogP contribution in [0.4, 0.5) is 9.18 Å². The van der Waals surface area contributed by atoms with E-state index in [2.05, 4.69) is 37.8 Å². The second-order valence-corrected chi connectivity index (χ2v) is 10.4. The molecule has 0 unspecified atom stereocenters. The number of amidine groups is 1. The zero-order valence-corrected chi connectivity index (χ0v) is 17.1. The summed E-state index contributed by atoms with van der Waals surface area (Å²) in [7, 11) is -3.41. The second kappa shape index (κ2) is 6.84. The largest absolute Gasteiger partial charge is 0.465 e. The Morgan fingerprint density at radius 3 is 2.74 bits per heavy atom. The maximum Gasteiger partial charge on any atom is 0.410 e. The highest BCUT2D eigenvalue weighted by molar-refractivity contribution is 9.10. The number of rotatable bonds is 3. The van der Waals surface area contributed by atoms with Gasteiger partial charge >= 0.3 is 6.09 Å². The summed E-state index contributed by atoms with van der Waals surface area (Å²) in [5.74, 6) is -0.823. The maximum atomic E-state index is 14.6. The van der Waals surface area contributed by atoms with Crippen LogP contribution in [0.2, 0.25) is 0 Å². The van der Waals surface area contributed by atoms with Gasteiger partial charge in [-0.05, 0) is 54.6 Å². The van der Waals surface area contributed by atoms with Gasteiger partial charge in [-0.3, -0.25) is 19.4 Å². The van der Waals surface area contributed by atoms with E-state index in [1.807, 2.05) is 0 Å². The number of halogens is 2. The molecule has 0 bridgehead atoms. The van der Waals surface area contributed by atoms with E-state index in [4.69, 9.17) is 0 Å². The van der Waals surface area contributed by atoms with Gasteiger partial charge in [0.25, 0.3) is 0 Å². The van der Waals surface area contributed by atoms with Crippen molar-refractivity contribution >= 4 is 38.4 Å². The van der Waals surface area contributed by atoms with Crippen molar-refractivity contribution in [2.45, 2.75) is 48.1 Å². The second-order valence-electron chi connectivity index (χ2n) is 6.98. The molecule has 1 amide bonds. The van der Waals surface area contributed by atoms with E-state index in [0.29, 0.717) is 17.3 Å². The monoisotopic (exact) mass is 461 g/mol. The number of aliphatic imine (C=N–C) groups is 1. The molecule has 2 heterocycles. The van der Waals surface area contributed by atoms with Gasteiger partial charge in [0.15, 0.2) is 0 Å². The first-order valence-electron chi connectivity index (χ1n) is 8.38. The lowest BCUT2D eigenvalue weighted by molar-refractivity contribution is 0.198. The molecule has 1 saturated carbocycles. The van der Waals surface area contributed by atoms with Crippen LogP contribution in [-0.2, 0) is 5.54 Å². The fourth-order valence-electron chi connectivity index (χ4n) is 3.95. The van der Waals surface area contributed by atoms with Gasteiger partial charge in [0.2, 0.25) is 5.95 Å². The zero-order chi connectivity index (χ0) is 20.0. The Morgan fingerprint density at radius 2 is 2.22 bits per heavy atom. The number of allylic oxidation sites excluding steroid dienone is 1. The van der Waals surface area contributed by atoms with E-state index in [0.717, 1.165) is 6.42 Å². The van der Waals surface area contributed by atoms with Crippen molar-refractivity contribution in [3.8, 4) is 0 Å². The molecule has 0 aromatic carbocycles. The summed E-state index contributed by atoms with van der Waals surface area (Å²) in [5, 5.41) is 10.6. The average Bonchev–Trinajstić information content (AvgIpc) is 2.51. The third kappa shape index (κ3) is 2.98. The molecule has 2 atom stereocenters. The highest BCUT2D eigenvalue weighted by Gasteiger charge is 2.63. The van der Waals surface area contributed by atoms with Gasteiger partial charge in [-0.1, -0.05) is 6.08 Å². The van der Waals surface area contributed by atoms with Crippen LogP contribution in [0, 0.1) is 5.95 Å². The first-order chi connectivity index (χ1) is 12.6. The van der Waals surface area contributed by atoms with Crippen LogP contribution in [0.25, 0.3) is 0 Å². The molecular formula is C17H21BrFN3O4S. The van der Waals surface area contributed by atoms with Crippen LogP contribution in [0.3, 0.4) is 0 Å². The summed E-state index contributed by atoms with van der Waals surface area (Å²) < 4.78 is 36.6. The third-order valence-corrected chi connectivity index (χ3v) is 9.12. The number of pyridine rings is 1. The molecule has 148 valence electrons. The minimum absolute atomic E-state index is 0.0246. The van der Waals surface area contributed by atoms with Crippen LogP contribution >= 0.6 is 26.5 Å². The molecule has 10 heteroatoms. The first-order valence-corrected chi connectivity index (χ1v) is 10.8. The van der Waals surface area contributed by atoms with Crippen molar-refractivity contribution in [3.05, 3.63) is 40.9 Å². The topological polar surface area (TPSA) is 115 Å². The number of nitrogens with zero attached hydrogens (tertiary/aromatic N) is 2.